The van der Waals surface area contributed by atoms with Crippen LogP contribution in [0.1, 0.15) is 69.1 Å². The molecule has 0 bridgehead atoms. The Bertz CT molecular complexity index is 795. The fourth-order valence-electron chi connectivity index (χ4n) is 3.84. The van der Waals surface area contributed by atoms with Crippen LogP contribution in [0.3, 0.4) is 0 Å². The summed E-state index contributed by atoms with van der Waals surface area (Å²) in [6, 6.07) is 19.3. The topological polar surface area (TPSA) is 67.2 Å². The van der Waals surface area contributed by atoms with E-state index in [1.807, 2.05) is 0 Å². The third kappa shape index (κ3) is 6.68. The summed E-state index contributed by atoms with van der Waals surface area (Å²) in [5.74, 6) is 0.603. The van der Waals surface area contributed by atoms with Crippen molar-refractivity contribution in [2.24, 2.45) is 5.73 Å². The van der Waals surface area contributed by atoms with Gasteiger partial charge in [0.15, 0.2) is 0 Å². The Hall–Kier alpha value is -2.17. The van der Waals surface area contributed by atoms with Crippen LogP contribution in [-0.4, -0.2) is 24.5 Å². The SMILES string of the molecule is CC(C)(C)c1ccc(CNC(=O)C(N)CCCCN[C@@H]2C[C@H]2c2ccccc2)cc1. The summed E-state index contributed by atoms with van der Waals surface area (Å²) >= 11 is 0. The summed E-state index contributed by atoms with van der Waals surface area (Å²) in [4.78, 5) is 12.3. The maximum absolute atomic E-state index is 12.3. The quantitative estimate of drug-likeness (QED) is 0.516. The Morgan fingerprint density at radius 1 is 1.07 bits per heavy atom. The molecule has 0 saturated heterocycles. The number of benzene rings is 2. The van der Waals surface area contributed by atoms with E-state index in [2.05, 4.69) is 86.0 Å². The number of nitrogens with two attached hydrogens (primary N) is 1. The highest BCUT2D eigenvalue weighted by Crippen LogP contribution is 2.40. The maximum atomic E-state index is 12.3. The molecule has 4 N–H and O–H groups in total. The molecule has 1 amide bonds. The largest absolute Gasteiger partial charge is 0.351 e. The zero-order chi connectivity index (χ0) is 21.6. The zero-order valence-corrected chi connectivity index (χ0v) is 18.7. The second-order valence-electron chi connectivity index (χ2n) is 9.58. The molecule has 2 aromatic rings. The van der Waals surface area contributed by atoms with Crippen LogP contribution >= 0.6 is 0 Å². The van der Waals surface area contributed by atoms with E-state index in [1.54, 1.807) is 0 Å². The summed E-state index contributed by atoms with van der Waals surface area (Å²) < 4.78 is 0. The van der Waals surface area contributed by atoms with Crippen molar-refractivity contribution in [1.82, 2.24) is 10.6 Å². The number of unbranched alkanes of at least 4 members (excludes halogenated alkanes) is 1. The van der Waals surface area contributed by atoms with Gasteiger partial charge < -0.3 is 16.4 Å². The highest BCUT2D eigenvalue weighted by atomic mass is 16.2. The molecule has 4 heteroatoms. The van der Waals surface area contributed by atoms with Crippen LogP contribution in [0.25, 0.3) is 0 Å². The lowest BCUT2D eigenvalue weighted by Gasteiger charge is -2.19. The summed E-state index contributed by atoms with van der Waals surface area (Å²) in [5.41, 5.74) is 10.1. The van der Waals surface area contributed by atoms with Gasteiger partial charge in [-0.2, -0.15) is 0 Å². The molecule has 162 valence electrons. The number of hydrogen-bond donors (Lipinski definition) is 3. The standard InChI is InChI=1S/C26H37N3O/c1-26(2,3)21-14-12-19(13-15-21)18-29-25(30)23(27)11-7-8-16-28-24-17-22(24)20-9-5-4-6-10-20/h4-6,9-10,12-15,22-24,28H,7-8,11,16-18,27H2,1-3H3,(H,29,30)/t22-,23?,24+/m0/s1. The summed E-state index contributed by atoms with van der Waals surface area (Å²) in [6.07, 6.45) is 3.96. The first kappa shape index (κ1) is 22.5. The molecule has 0 aromatic heterocycles. The molecular weight excluding hydrogens is 370 g/mol. The Kier molecular flexibility index (Phi) is 7.68. The Balaban J connectivity index is 1.27. The first-order chi connectivity index (χ1) is 14.3. The third-order valence-electron chi connectivity index (χ3n) is 5.99. The van der Waals surface area contributed by atoms with Crippen molar-refractivity contribution in [1.29, 1.82) is 0 Å². The average molecular weight is 408 g/mol. The molecular formula is C26H37N3O. The molecule has 3 atom stereocenters. The maximum Gasteiger partial charge on any atom is 0.237 e. The van der Waals surface area contributed by atoms with Gasteiger partial charge in [-0.05, 0) is 47.9 Å². The molecule has 1 aliphatic rings. The molecule has 0 radical (unpaired) electrons. The molecule has 2 aromatic carbocycles. The number of carbonyl (C=O) groups excluding carboxylic acids is 1. The van der Waals surface area contributed by atoms with Gasteiger partial charge >= 0.3 is 0 Å². The Morgan fingerprint density at radius 3 is 2.43 bits per heavy atom. The molecule has 1 aliphatic carbocycles. The summed E-state index contributed by atoms with van der Waals surface area (Å²) in [6.45, 7) is 8.11. The van der Waals surface area contributed by atoms with Crippen LogP contribution in [0.2, 0.25) is 0 Å². The van der Waals surface area contributed by atoms with E-state index in [-0.39, 0.29) is 11.3 Å². The van der Waals surface area contributed by atoms with Gasteiger partial charge in [0.05, 0.1) is 6.04 Å². The van der Waals surface area contributed by atoms with E-state index < -0.39 is 6.04 Å². The van der Waals surface area contributed by atoms with Crippen molar-refractivity contribution in [3.8, 4) is 0 Å². The molecule has 30 heavy (non-hydrogen) atoms. The van der Waals surface area contributed by atoms with Crippen molar-refractivity contribution in [3.63, 3.8) is 0 Å². The van der Waals surface area contributed by atoms with Gasteiger partial charge in [-0.15, -0.1) is 0 Å². The highest BCUT2D eigenvalue weighted by Gasteiger charge is 2.37. The van der Waals surface area contributed by atoms with Gasteiger partial charge in [-0.1, -0.05) is 81.8 Å². The minimum Gasteiger partial charge on any atom is -0.351 e. The van der Waals surface area contributed by atoms with E-state index >= 15 is 0 Å². The smallest absolute Gasteiger partial charge is 0.237 e. The third-order valence-corrected chi connectivity index (χ3v) is 5.99. The molecule has 1 saturated carbocycles. The number of rotatable bonds is 10. The van der Waals surface area contributed by atoms with Crippen molar-refractivity contribution in [2.75, 3.05) is 6.54 Å². The molecule has 0 heterocycles. The first-order valence-corrected chi connectivity index (χ1v) is 11.3. The lowest BCUT2D eigenvalue weighted by atomic mass is 9.87. The number of carbonyl (C=O) groups is 1. The molecule has 3 rings (SSSR count). The van der Waals surface area contributed by atoms with Gasteiger partial charge in [0.2, 0.25) is 5.91 Å². The van der Waals surface area contributed by atoms with Crippen LogP contribution in [0.15, 0.2) is 54.6 Å². The minimum absolute atomic E-state index is 0.0609. The number of hydrogen-bond acceptors (Lipinski definition) is 3. The molecule has 1 fully saturated rings. The van der Waals surface area contributed by atoms with Gasteiger partial charge in [0.1, 0.15) is 0 Å². The molecule has 1 unspecified atom stereocenters. The highest BCUT2D eigenvalue weighted by molar-refractivity contribution is 5.81. The molecule has 0 aliphatic heterocycles. The predicted octanol–water partition coefficient (Wildman–Crippen LogP) is 4.24. The minimum atomic E-state index is -0.433. The van der Waals surface area contributed by atoms with E-state index in [0.717, 1.165) is 31.4 Å². The van der Waals surface area contributed by atoms with Gasteiger partial charge in [-0.3, -0.25) is 4.79 Å². The van der Waals surface area contributed by atoms with Crippen LogP contribution in [-0.2, 0) is 16.8 Å². The van der Waals surface area contributed by atoms with Crippen LogP contribution in [0.4, 0.5) is 0 Å². The van der Waals surface area contributed by atoms with Crippen molar-refractivity contribution >= 4 is 5.91 Å². The fraction of sp³-hybridized carbons (Fsp3) is 0.500. The normalized spacial score (nSPS) is 19.3. The second-order valence-corrected chi connectivity index (χ2v) is 9.58. The monoisotopic (exact) mass is 407 g/mol. The number of nitrogens with one attached hydrogen (secondary N) is 2. The molecule has 0 spiro atoms. The lowest BCUT2D eigenvalue weighted by Crippen LogP contribution is -2.40. The summed E-state index contributed by atoms with van der Waals surface area (Å²) in [5, 5.41) is 6.60. The van der Waals surface area contributed by atoms with Crippen LogP contribution < -0.4 is 16.4 Å². The van der Waals surface area contributed by atoms with E-state index in [9.17, 15) is 4.79 Å². The lowest BCUT2D eigenvalue weighted by molar-refractivity contribution is -0.122. The average Bonchev–Trinajstić information content (AvgIpc) is 3.51. The second kappa shape index (κ2) is 10.2. The van der Waals surface area contributed by atoms with Crippen molar-refractivity contribution in [2.45, 2.75) is 76.4 Å². The van der Waals surface area contributed by atoms with Gasteiger partial charge in [0.25, 0.3) is 0 Å². The van der Waals surface area contributed by atoms with Crippen LogP contribution in [0, 0.1) is 0 Å². The molecule has 4 nitrogen and oxygen atoms in total. The van der Waals surface area contributed by atoms with E-state index in [0.29, 0.717) is 18.5 Å². The van der Waals surface area contributed by atoms with E-state index in [4.69, 9.17) is 5.73 Å². The Morgan fingerprint density at radius 2 is 1.77 bits per heavy atom. The summed E-state index contributed by atoms with van der Waals surface area (Å²) in [7, 11) is 0. The predicted molar refractivity (Wildman–Crippen MR) is 124 cm³/mol. The zero-order valence-electron chi connectivity index (χ0n) is 18.7. The number of amides is 1. The fourth-order valence-corrected chi connectivity index (χ4v) is 3.84. The Labute approximate surface area is 181 Å². The van der Waals surface area contributed by atoms with E-state index in [1.165, 1.54) is 17.5 Å². The first-order valence-electron chi connectivity index (χ1n) is 11.3. The van der Waals surface area contributed by atoms with Gasteiger partial charge in [-0.25, -0.2) is 0 Å². The van der Waals surface area contributed by atoms with Crippen LogP contribution in [0.5, 0.6) is 0 Å². The van der Waals surface area contributed by atoms with Crippen molar-refractivity contribution < 1.29 is 4.79 Å². The van der Waals surface area contributed by atoms with Crippen molar-refractivity contribution in [3.05, 3.63) is 71.3 Å². The van der Waals surface area contributed by atoms with Gasteiger partial charge in [0, 0.05) is 18.5 Å².